The van der Waals surface area contributed by atoms with Crippen LogP contribution in [-0.4, -0.2) is 40.7 Å². The summed E-state index contributed by atoms with van der Waals surface area (Å²) in [6.07, 6.45) is 1.14. The van der Waals surface area contributed by atoms with Crippen LogP contribution >= 0.6 is 11.3 Å². The smallest absolute Gasteiger partial charge is 0.245 e. The summed E-state index contributed by atoms with van der Waals surface area (Å²) in [6.45, 7) is 5.91. The van der Waals surface area contributed by atoms with Crippen molar-refractivity contribution >= 4 is 23.2 Å². The number of carbonyl (C=O) groups excluding carboxylic acids is 2. The standard InChI is InChI=1S/C14H20N2O2S/c1-3-15(4-2)14(18)12-7-8-13(17)16(12)10-11-6-5-9-19-11/h5-6,9,12H,3-4,7-8,10H2,1-2H3/t12-/m0/s1. The largest absolute Gasteiger partial charge is 0.341 e. The molecule has 0 saturated carbocycles. The van der Waals surface area contributed by atoms with Crippen LogP contribution in [-0.2, 0) is 16.1 Å². The zero-order valence-electron chi connectivity index (χ0n) is 11.5. The van der Waals surface area contributed by atoms with E-state index in [-0.39, 0.29) is 17.9 Å². The van der Waals surface area contributed by atoms with Crippen LogP contribution in [0.25, 0.3) is 0 Å². The molecule has 1 aromatic heterocycles. The molecule has 2 rings (SSSR count). The molecule has 0 bridgehead atoms. The molecule has 19 heavy (non-hydrogen) atoms. The summed E-state index contributed by atoms with van der Waals surface area (Å²) in [7, 11) is 0. The van der Waals surface area contributed by atoms with Crippen LogP contribution in [0, 0.1) is 0 Å². The van der Waals surface area contributed by atoms with Gasteiger partial charge in [-0.25, -0.2) is 0 Å². The quantitative estimate of drug-likeness (QED) is 0.829. The third-order valence-electron chi connectivity index (χ3n) is 3.59. The third kappa shape index (κ3) is 2.97. The Morgan fingerprint density at radius 1 is 1.47 bits per heavy atom. The van der Waals surface area contributed by atoms with Gasteiger partial charge in [-0.15, -0.1) is 11.3 Å². The van der Waals surface area contributed by atoms with Crippen LogP contribution in [0.2, 0.25) is 0 Å². The zero-order valence-corrected chi connectivity index (χ0v) is 12.3. The fourth-order valence-corrected chi connectivity index (χ4v) is 3.21. The number of likely N-dealkylation sites (tertiary alicyclic amines) is 1. The number of carbonyl (C=O) groups is 2. The maximum absolute atomic E-state index is 12.4. The number of rotatable bonds is 5. The summed E-state index contributed by atoms with van der Waals surface area (Å²) in [5.74, 6) is 0.186. The summed E-state index contributed by atoms with van der Waals surface area (Å²) < 4.78 is 0. The van der Waals surface area contributed by atoms with Gasteiger partial charge in [0, 0.05) is 24.4 Å². The highest BCUT2D eigenvalue weighted by Crippen LogP contribution is 2.24. The molecular formula is C14H20N2O2S. The number of hydrogen-bond acceptors (Lipinski definition) is 3. The second-order valence-electron chi connectivity index (χ2n) is 4.67. The fraction of sp³-hybridized carbons (Fsp3) is 0.571. The molecular weight excluding hydrogens is 260 g/mol. The van der Waals surface area contributed by atoms with E-state index in [1.807, 2.05) is 36.3 Å². The Balaban J connectivity index is 2.10. The lowest BCUT2D eigenvalue weighted by Crippen LogP contribution is -2.46. The SMILES string of the molecule is CCN(CC)C(=O)[C@@H]1CCC(=O)N1Cc1cccs1. The van der Waals surface area contributed by atoms with E-state index in [2.05, 4.69) is 0 Å². The summed E-state index contributed by atoms with van der Waals surface area (Å²) in [5, 5.41) is 2.00. The van der Waals surface area contributed by atoms with Gasteiger partial charge in [0.2, 0.25) is 11.8 Å². The lowest BCUT2D eigenvalue weighted by atomic mass is 10.2. The number of amides is 2. The normalized spacial score (nSPS) is 18.9. The molecule has 0 radical (unpaired) electrons. The number of thiophene rings is 1. The number of likely N-dealkylation sites (N-methyl/N-ethyl adjacent to an activating group) is 1. The van der Waals surface area contributed by atoms with Gasteiger partial charge in [-0.1, -0.05) is 6.07 Å². The molecule has 5 heteroatoms. The first-order valence-corrected chi connectivity index (χ1v) is 7.66. The minimum Gasteiger partial charge on any atom is -0.341 e. The first-order chi connectivity index (χ1) is 9.17. The highest BCUT2D eigenvalue weighted by molar-refractivity contribution is 7.09. The summed E-state index contributed by atoms with van der Waals surface area (Å²) >= 11 is 1.63. The van der Waals surface area contributed by atoms with E-state index in [1.165, 1.54) is 0 Å². The van der Waals surface area contributed by atoms with Gasteiger partial charge in [0.15, 0.2) is 0 Å². The van der Waals surface area contributed by atoms with Crippen molar-refractivity contribution in [2.24, 2.45) is 0 Å². The highest BCUT2D eigenvalue weighted by atomic mass is 32.1. The van der Waals surface area contributed by atoms with Crippen molar-refractivity contribution in [3.8, 4) is 0 Å². The van der Waals surface area contributed by atoms with Crippen LogP contribution in [0.5, 0.6) is 0 Å². The zero-order chi connectivity index (χ0) is 13.8. The van der Waals surface area contributed by atoms with Crippen molar-refractivity contribution in [2.45, 2.75) is 39.3 Å². The molecule has 2 amide bonds. The summed E-state index contributed by atoms with van der Waals surface area (Å²) in [6, 6.07) is 3.71. The molecule has 1 atom stereocenters. The Bertz CT molecular complexity index is 440. The molecule has 1 saturated heterocycles. The predicted octanol–water partition coefficient (Wildman–Crippen LogP) is 2.11. The molecule has 1 aliphatic rings. The van der Waals surface area contributed by atoms with Crippen LogP contribution < -0.4 is 0 Å². The first-order valence-electron chi connectivity index (χ1n) is 6.78. The minimum atomic E-state index is -0.269. The van der Waals surface area contributed by atoms with E-state index in [4.69, 9.17) is 0 Å². The monoisotopic (exact) mass is 280 g/mol. The number of hydrogen-bond donors (Lipinski definition) is 0. The van der Waals surface area contributed by atoms with Gasteiger partial charge < -0.3 is 9.80 Å². The Kier molecular flexibility index (Phi) is 4.58. The van der Waals surface area contributed by atoms with Gasteiger partial charge in [0.05, 0.1) is 6.54 Å². The maximum Gasteiger partial charge on any atom is 0.245 e. The molecule has 1 aliphatic heterocycles. The second kappa shape index (κ2) is 6.19. The lowest BCUT2D eigenvalue weighted by molar-refractivity contribution is -0.141. The molecule has 0 unspecified atom stereocenters. The molecule has 0 aromatic carbocycles. The second-order valence-corrected chi connectivity index (χ2v) is 5.70. The topological polar surface area (TPSA) is 40.6 Å². The third-order valence-corrected chi connectivity index (χ3v) is 4.46. The Labute approximate surface area is 118 Å². The van der Waals surface area contributed by atoms with E-state index in [0.29, 0.717) is 32.5 Å². The fourth-order valence-electron chi connectivity index (χ4n) is 2.51. The first kappa shape index (κ1) is 14.1. The molecule has 2 heterocycles. The van der Waals surface area contributed by atoms with Crippen molar-refractivity contribution < 1.29 is 9.59 Å². The average molecular weight is 280 g/mol. The van der Waals surface area contributed by atoms with Crippen LogP contribution in [0.15, 0.2) is 17.5 Å². The highest BCUT2D eigenvalue weighted by Gasteiger charge is 2.37. The van der Waals surface area contributed by atoms with Gasteiger partial charge in [0.1, 0.15) is 6.04 Å². The number of nitrogens with zero attached hydrogens (tertiary/aromatic N) is 2. The van der Waals surface area contributed by atoms with Crippen LogP contribution in [0.4, 0.5) is 0 Å². The average Bonchev–Trinajstić information content (AvgIpc) is 3.03. The van der Waals surface area contributed by atoms with Gasteiger partial charge in [-0.2, -0.15) is 0 Å². The molecule has 0 spiro atoms. The van der Waals surface area contributed by atoms with Crippen molar-refractivity contribution in [3.63, 3.8) is 0 Å². The summed E-state index contributed by atoms with van der Waals surface area (Å²) in [4.78, 5) is 29.1. The predicted molar refractivity (Wildman–Crippen MR) is 75.8 cm³/mol. The Morgan fingerprint density at radius 2 is 2.21 bits per heavy atom. The Hall–Kier alpha value is -1.36. The Morgan fingerprint density at radius 3 is 2.79 bits per heavy atom. The van der Waals surface area contributed by atoms with Crippen LogP contribution in [0.1, 0.15) is 31.6 Å². The van der Waals surface area contributed by atoms with E-state index in [0.717, 1.165) is 4.88 Å². The molecule has 0 N–H and O–H groups in total. The van der Waals surface area contributed by atoms with Gasteiger partial charge in [-0.05, 0) is 31.7 Å². The van der Waals surface area contributed by atoms with Gasteiger partial charge in [-0.3, -0.25) is 9.59 Å². The van der Waals surface area contributed by atoms with Crippen LogP contribution in [0.3, 0.4) is 0 Å². The van der Waals surface area contributed by atoms with E-state index >= 15 is 0 Å². The minimum absolute atomic E-state index is 0.0902. The lowest BCUT2D eigenvalue weighted by Gasteiger charge is -2.28. The summed E-state index contributed by atoms with van der Waals surface area (Å²) in [5.41, 5.74) is 0. The van der Waals surface area contributed by atoms with Crippen molar-refractivity contribution in [3.05, 3.63) is 22.4 Å². The molecule has 104 valence electrons. The van der Waals surface area contributed by atoms with Gasteiger partial charge in [0.25, 0.3) is 0 Å². The molecule has 0 aliphatic carbocycles. The van der Waals surface area contributed by atoms with Crippen molar-refractivity contribution in [1.82, 2.24) is 9.80 Å². The van der Waals surface area contributed by atoms with Gasteiger partial charge >= 0.3 is 0 Å². The molecule has 1 fully saturated rings. The van der Waals surface area contributed by atoms with E-state index in [1.54, 1.807) is 16.2 Å². The van der Waals surface area contributed by atoms with E-state index < -0.39 is 0 Å². The van der Waals surface area contributed by atoms with E-state index in [9.17, 15) is 9.59 Å². The molecule has 4 nitrogen and oxygen atoms in total. The van der Waals surface area contributed by atoms with Crippen molar-refractivity contribution in [2.75, 3.05) is 13.1 Å². The van der Waals surface area contributed by atoms with Crippen molar-refractivity contribution in [1.29, 1.82) is 0 Å². The maximum atomic E-state index is 12.4. The molecule has 1 aromatic rings.